The summed E-state index contributed by atoms with van der Waals surface area (Å²) in [4.78, 5) is 12.1. The molecule has 1 aliphatic heterocycles. The molecule has 0 saturated heterocycles. The fourth-order valence-corrected chi connectivity index (χ4v) is 2.20. The van der Waals surface area contributed by atoms with Gasteiger partial charge in [0.15, 0.2) is 6.10 Å². The van der Waals surface area contributed by atoms with Crippen LogP contribution in [0.15, 0.2) is 24.3 Å². The molecule has 0 spiro atoms. The SMILES string of the molecule is CC(CCO)NC(=O)C1OCCc2ccccc21. The standard InChI is InChI=1S/C14H19NO3/c1-10(6-8-16)15-14(17)13-12-5-3-2-4-11(12)7-9-18-13/h2-5,10,13,16H,6-9H2,1H3,(H,15,17). The monoisotopic (exact) mass is 249 g/mol. The van der Waals surface area contributed by atoms with Crippen molar-refractivity contribution in [3.63, 3.8) is 0 Å². The summed E-state index contributed by atoms with van der Waals surface area (Å²) in [6.45, 7) is 2.52. The molecular weight excluding hydrogens is 230 g/mol. The first-order chi connectivity index (χ1) is 8.72. The first-order valence-corrected chi connectivity index (χ1v) is 6.33. The van der Waals surface area contributed by atoms with Gasteiger partial charge in [-0.15, -0.1) is 0 Å². The van der Waals surface area contributed by atoms with E-state index in [-0.39, 0.29) is 18.6 Å². The summed E-state index contributed by atoms with van der Waals surface area (Å²) in [5.41, 5.74) is 2.14. The van der Waals surface area contributed by atoms with E-state index in [1.807, 2.05) is 31.2 Å². The number of nitrogens with one attached hydrogen (secondary N) is 1. The Morgan fingerprint density at radius 2 is 2.33 bits per heavy atom. The number of rotatable bonds is 4. The maximum Gasteiger partial charge on any atom is 0.253 e. The topological polar surface area (TPSA) is 58.6 Å². The minimum Gasteiger partial charge on any atom is -0.396 e. The first kappa shape index (κ1) is 13.1. The van der Waals surface area contributed by atoms with Gasteiger partial charge in [0.25, 0.3) is 5.91 Å². The molecule has 2 N–H and O–H groups in total. The molecule has 1 aromatic carbocycles. The van der Waals surface area contributed by atoms with E-state index in [0.717, 1.165) is 12.0 Å². The van der Waals surface area contributed by atoms with E-state index in [9.17, 15) is 4.79 Å². The van der Waals surface area contributed by atoms with Crippen molar-refractivity contribution >= 4 is 5.91 Å². The van der Waals surface area contributed by atoms with Gasteiger partial charge in [0.1, 0.15) is 0 Å². The summed E-state index contributed by atoms with van der Waals surface area (Å²) in [6, 6.07) is 7.84. The summed E-state index contributed by atoms with van der Waals surface area (Å²) in [6.07, 6.45) is 0.891. The third kappa shape index (κ3) is 2.89. The smallest absolute Gasteiger partial charge is 0.253 e. The van der Waals surface area contributed by atoms with Gasteiger partial charge in [-0.1, -0.05) is 24.3 Å². The lowest BCUT2D eigenvalue weighted by Gasteiger charge is -2.26. The number of hydrogen-bond acceptors (Lipinski definition) is 3. The second-order valence-corrected chi connectivity index (χ2v) is 4.62. The Bertz CT molecular complexity index is 419. The Hall–Kier alpha value is -1.39. The fraction of sp³-hybridized carbons (Fsp3) is 0.500. The highest BCUT2D eigenvalue weighted by Crippen LogP contribution is 2.27. The van der Waals surface area contributed by atoms with E-state index in [2.05, 4.69) is 5.32 Å². The number of aliphatic hydroxyl groups is 1. The van der Waals surface area contributed by atoms with Crippen molar-refractivity contribution in [3.05, 3.63) is 35.4 Å². The van der Waals surface area contributed by atoms with Gasteiger partial charge in [-0.3, -0.25) is 4.79 Å². The molecule has 4 nitrogen and oxygen atoms in total. The number of amides is 1. The molecule has 0 saturated carbocycles. The Kier molecular flexibility index (Phi) is 4.33. The highest BCUT2D eigenvalue weighted by molar-refractivity contribution is 5.83. The predicted octanol–water partition coefficient (Wildman–Crippen LogP) is 1.19. The molecule has 0 radical (unpaired) electrons. The zero-order valence-corrected chi connectivity index (χ0v) is 10.6. The van der Waals surface area contributed by atoms with Crippen LogP contribution in [0, 0.1) is 0 Å². The summed E-state index contributed by atoms with van der Waals surface area (Å²) in [5.74, 6) is -0.122. The van der Waals surface area contributed by atoms with E-state index in [0.29, 0.717) is 13.0 Å². The molecule has 0 aromatic heterocycles. The zero-order valence-electron chi connectivity index (χ0n) is 10.6. The van der Waals surface area contributed by atoms with Crippen molar-refractivity contribution in [1.82, 2.24) is 5.32 Å². The number of fused-ring (bicyclic) bond motifs is 1. The van der Waals surface area contributed by atoms with Gasteiger partial charge in [0, 0.05) is 12.6 Å². The summed E-state index contributed by atoms with van der Waals surface area (Å²) < 4.78 is 5.57. The number of benzene rings is 1. The van der Waals surface area contributed by atoms with Crippen molar-refractivity contribution in [2.45, 2.75) is 31.9 Å². The van der Waals surface area contributed by atoms with E-state index in [1.54, 1.807) is 0 Å². The fourth-order valence-electron chi connectivity index (χ4n) is 2.20. The summed E-state index contributed by atoms with van der Waals surface area (Å²) >= 11 is 0. The van der Waals surface area contributed by atoms with E-state index in [1.165, 1.54) is 5.56 Å². The van der Waals surface area contributed by atoms with Gasteiger partial charge in [-0.2, -0.15) is 0 Å². The quantitative estimate of drug-likeness (QED) is 0.842. The molecule has 4 heteroatoms. The van der Waals surface area contributed by atoms with Crippen LogP contribution >= 0.6 is 0 Å². The number of hydrogen-bond donors (Lipinski definition) is 2. The largest absolute Gasteiger partial charge is 0.396 e. The van der Waals surface area contributed by atoms with E-state index < -0.39 is 6.10 Å². The second-order valence-electron chi connectivity index (χ2n) is 4.62. The average molecular weight is 249 g/mol. The molecule has 18 heavy (non-hydrogen) atoms. The molecular formula is C14H19NO3. The normalized spacial score (nSPS) is 20.0. The van der Waals surface area contributed by atoms with Crippen LogP contribution in [-0.4, -0.2) is 30.3 Å². The van der Waals surface area contributed by atoms with Gasteiger partial charge in [0.2, 0.25) is 0 Å². The van der Waals surface area contributed by atoms with Gasteiger partial charge in [-0.25, -0.2) is 0 Å². The average Bonchev–Trinajstić information content (AvgIpc) is 2.38. The molecule has 1 amide bonds. The van der Waals surface area contributed by atoms with Crippen LogP contribution in [0.25, 0.3) is 0 Å². The molecule has 0 aliphatic carbocycles. The van der Waals surface area contributed by atoms with E-state index in [4.69, 9.17) is 9.84 Å². The molecule has 1 aromatic rings. The van der Waals surface area contributed by atoms with E-state index >= 15 is 0 Å². The third-order valence-corrected chi connectivity index (χ3v) is 3.18. The number of ether oxygens (including phenoxy) is 1. The molecule has 1 aliphatic rings. The highest BCUT2D eigenvalue weighted by Gasteiger charge is 2.27. The lowest BCUT2D eigenvalue weighted by Crippen LogP contribution is -2.39. The van der Waals surface area contributed by atoms with Crippen LogP contribution in [0.4, 0.5) is 0 Å². The van der Waals surface area contributed by atoms with Crippen LogP contribution in [-0.2, 0) is 16.0 Å². The Balaban J connectivity index is 2.08. The van der Waals surface area contributed by atoms with Crippen LogP contribution in [0.2, 0.25) is 0 Å². The van der Waals surface area contributed by atoms with Crippen LogP contribution < -0.4 is 5.32 Å². The van der Waals surface area contributed by atoms with Crippen molar-refractivity contribution in [2.75, 3.05) is 13.2 Å². The molecule has 1 heterocycles. The molecule has 0 bridgehead atoms. The Labute approximate surface area is 107 Å². The minimum atomic E-state index is -0.518. The number of aliphatic hydroxyl groups excluding tert-OH is 1. The van der Waals surface area contributed by atoms with Crippen molar-refractivity contribution < 1.29 is 14.6 Å². The lowest BCUT2D eigenvalue weighted by atomic mass is 9.97. The zero-order chi connectivity index (χ0) is 13.0. The summed E-state index contributed by atoms with van der Waals surface area (Å²) in [7, 11) is 0. The van der Waals surface area contributed by atoms with Gasteiger partial charge >= 0.3 is 0 Å². The van der Waals surface area contributed by atoms with Gasteiger partial charge < -0.3 is 15.2 Å². The van der Waals surface area contributed by atoms with Crippen molar-refractivity contribution in [1.29, 1.82) is 0 Å². The second kappa shape index (κ2) is 5.98. The summed E-state index contributed by atoms with van der Waals surface area (Å²) in [5, 5.41) is 11.7. The minimum absolute atomic E-state index is 0.0415. The molecule has 2 atom stereocenters. The van der Waals surface area contributed by atoms with Crippen molar-refractivity contribution in [2.24, 2.45) is 0 Å². The third-order valence-electron chi connectivity index (χ3n) is 3.18. The van der Waals surface area contributed by atoms with Crippen LogP contribution in [0.1, 0.15) is 30.6 Å². The lowest BCUT2D eigenvalue weighted by molar-refractivity contribution is -0.134. The van der Waals surface area contributed by atoms with Crippen LogP contribution in [0.3, 0.4) is 0 Å². The predicted molar refractivity (Wildman–Crippen MR) is 68.1 cm³/mol. The van der Waals surface area contributed by atoms with Crippen molar-refractivity contribution in [3.8, 4) is 0 Å². The van der Waals surface area contributed by atoms with Gasteiger partial charge in [0.05, 0.1) is 6.61 Å². The molecule has 98 valence electrons. The number of carbonyl (C=O) groups is 1. The maximum atomic E-state index is 12.1. The van der Waals surface area contributed by atoms with Gasteiger partial charge in [-0.05, 0) is 30.9 Å². The molecule has 0 fully saturated rings. The van der Waals surface area contributed by atoms with Crippen LogP contribution in [0.5, 0.6) is 0 Å². The molecule has 2 unspecified atom stereocenters. The number of carbonyl (C=O) groups excluding carboxylic acids is 1. The molecule has 2 rings (SSSR count). The Morgan fingerprint density at radius 1 is 1.56 bits per heavy atom. The highest BCUT2D eigenvalue weighted by atomic mass is 16.5. The first-order valence-electron chi connectivity index (χ1n) is 6.33. The Morgan fingerprint density at radius 3 is 3.11 bits per heavy atom. The maximum absolute atomic E-state index is 12.1.